The number of nitrogens with zero attached hydrogens (tertiary/aromatic N) is 2. The number of furan rings is 1. The monoisotopic (exact) mass is 708 g/mol. The van der Waals surface area contributed by atoms with Crippen molar-refractivity contribution in [2.45, 2.75) is 0 Å². The highest BCUT2D eigenvalue weighted by molar-refractivity contribution is 7.22. The average molecular weight is 709 g/mol. The normalized spacial score (nSPS) is 11.7. The summed E-state index contributed by atoms with van der Waals surface area (Å²) in [7, 11) is 0. The molecule has 3 nitrogen and oxygen atoms in total. The molecule has 54 heavy (non-hydrogen) atoms. The van der Waals surface area contributed by atoms with Gasteiger partial charge in [0.25, 0.3) is 0 Å². The van der Waals surface area contributed by atoms with Crippen LogP contribution in [0.25, 0.3) is 81.1 Å². The predicted octanol–water partition coefficient (Wildman–Crippen LogP) is 14.7. The van der Waals surface area contributed by atoms with Gasteiger partial charge < -0.3 is 13.9 Å². The summed E-state index contributed by atoms with van der Waals surface area (Å²) in [5.74, 6) is 0. The van der Waals surface area contributed by atoms with Gasteiger partial charge in [-0.25, -0.2) is 0 Å². The van der Waals surface area contributed by atoms with Gasteiger partial charge in [0.1, 0.15) is 11.2 Å². The van der Waals surface area contributed by atoms with Crippen LogP contribution < -0.4 is 4.90 Å². The third-order valence-corrected chi connectivity index (χ3v) is 11.8. The van der Waals surface area contributed by atoms with E-state index in [1.54, 1.807) is 0 Å². The van der Waals surface area contributed by atoms with Crippen molar-refractivity contribution in [2.24, 2.45) is 0 Å². The standard InChI is InChI=1S/C50H32N2OS/c1-2-10-33(11-3-1)34-18-22-37(23-19-34)51(38-24-20-35(21-25-38)50-30-36-12-4-9-17-49(36)54-50)39-26-28-40(29-27-39)52-45-15-7-5-13-41(45)43-32-48-44(31-46(43)52)42-14-6-8-16-47(42)53-48/h1-32H. The van der Waals surface area contributed by atoms with Crippen molar-refractivity contribution < 1.29 is 4.42 Å². The molecule has 0 atom stereocenters. The minimum absolute atomic E-state index is 0.911. The molecule has 0 aliphatic rings. The van der Waals surface area contributed by atoms with Crippen LogP contribution in [0.3, 0.4) is 0 Å². The van der Waals surface area contributed by atoms with Crippen LogP contribution in [0.2, 0.25) is 0 Å². The van der Waals surface area contributed by atoms with Crippen LogP contribution in [0.1, 0.15) is 0 Å². The first-order valence-electron chi connectivity index (χ1n) is 18.2. The third kappa shape index (κ3) is 5.03. The molecule has 8 aromatic carbocycles. The number of para-hydroxylation sites is 2. The zero-order chi connectivity index (χ0) is 35.6. The van der Waals surface area contributed by atoms with Gasteiger partial charge in [-0.15, -0.1) is 11.3 Å². The Labute approximate surface area is 316 Å². The highest BCUT2D eigenvalue weighted by Crippen LogP contribution is 2.41. The fraction of sp³-hybridized carbons (Fsp3) is 0. The molecule has 0 N–H and O–H groups in total. The van der Waals surface area contributed by atoms with Crippen LogP contribution in [0.5, 0.6) is 0 Å². The molecule has 0 bridgehead atoms. The van der Waals surface area contributed by atoms with Crippen LogP contribution >= 0.6 is 11.3 Å². The van der Waals surface area contributed by atoms with Gasteiger partial charge in [-0.2, -0.15) is 0 Å². The molecular formula is C50H32N2OS. The highest BCUT2D eigenvalue weighted by atomic mass is 32.1. The Morgan fingerprint density at radius 3 is 1.78 bits per heavy atom. The Morgan fingerprint density at radius 1 is 0.407 bits per heavy atom. The molecule has 11 rings (SSSR count). The fourth-order valence-corrected chi connectivity index (χ4v) is 9.06. The van der Waals surface area contributed by atoms with E-state index in [0.717, 1.165) is 50.2 Å². The summed E-state index contributed by atoms with van der Waals surface area (Å²) in [5, 5.41) is 5.93. The van der Waals surface area contributed by atoms with Gasteiger partial charge in [-0.1, -0.05) is 109 Å². The van der Waals surface area contributed by atoms with E-state index in [9.17, 15) is 0 Å². The van der Waals surface area contributed by atoms with Gasteiger partial charge in [-0.05, 0) is 107 Å². The summed E-state index contributed by atoms with van der Waals surface area (Å²) < 4.78 is 10.0. The summed E-state index contributed by atoms with van der Waals surface area (Å²) in [4.78, 5) is 3.62. The number of hydrogen-bond acceptors (Lipinski definition) is 3. The van der Waals surface area contributed by atoms with Gasteiger partial charge in [0, 0.05) is 53.9 Å². The van der Waals surface area contributed by atoms with Crippen LogP contribution in [-0.2, 0) is 0 Å². The van der Waals surface area contributed by atoms with Crippen molar-refractivity contribution in [3.05, 3.63) is 194 Å². The number of anilines is 3. The maximum atomic E-state index is 6.31. The lowest BCUT2D eigenvalue weighted by Crippen LogP contribution is -2.10. The molecule has 0 spiro atoms. The number of hydrogen-bond donors (Lipinski definition) is 0. The van der Waals surface area contributed by atoms with Crippen LogP contribution in [0.15, 0.2) is 199 Å². The molecule has 0 fully saturated rings. The average Bonchev–Trinajstić information content (AvgIpc) is 3.93. The maximum absolute atomic E-state index is 6.31. The second kappa shape index (κ2) is 12.4. The summed E-state index contributed by atoms with van der Waals surface area (Å²) in [6, 6.07) is 69.8. The summed E-state index contributed by atoms with van der Waals surface area (Å²) in [6.45, 7) is 0. The summed E-state index contributed by atoms with van der Waals surface area (Å²) in [5.41, 5.74) is 12.2. The number of benzene rings is 8. The first-order valence-corrected chi connectivity index (χ1v) is 19.1. The molecule has 0 amide bonds. The zero-order valence-corrected chi connectivity index (χ0v) is 30.0. The van der Waals surface area contributed by atoms with Crippen molar-refractivity contribution in [2.75, 3.05) is 4.90 Å². The number of rotatable bonds is 6. The molecule has 254 valence electrons. The van der Waals surface area contributed by atoms with Gasteiger partial charge in [0.2, 0.25) is 0 Å². The second-order valence-electron chi connectivity index (χ2n) is 13.8. The molecule has 0 unspecified atom stereocenters. The Kier molecular flexibility index (Phi) is 7.04. The van der Waals surface area contributed by atoms with Gasteiger partial charge >= 0.3 is 0 Å². The van der Waals surface area contributed by atoms with E-state index in [2.05, 4.69) is 191 Å². The molecule has 4 heteroatoms. The van der Waals surface area contributed by atoms with E-state index in [1.807, 2.05) is 23.5 Å². The second-order valence-corrected chi connectivity index (χ2v) is 14.9. The van der Waals surface area contributed by atoms with Crippen molar-refractivity contribution in [1.29, 1.82) is 0 Å². The molecule has 0 aliphatic carbocycles. The number of thiophene rings is 1. The number of aromatic nitrogens is 1. The maximum Gasteiger partial charge on any atom is 0.136 e. The molecule has 3 heterocycles. The molecule has 0 saturated heterocycles. The topological polar surface area (TPSA) is 21.3 Å². The van der Waals surface area contributed by atoms with Crippen LogP contribution in [0.4, 0.5) is 17.1 Å². The van der Waals surface area contributed by atoms with E-state index in [-0.39, 0.29) is 0 Å². The van der Waals surface area contributed by atoms with Crippen LogP contribution in [-0.4, -0.2) is 4.57 Å². The largest absolute Gasteiger partial charge is 0.456 e. The van der Waals surface area contributed by atoms with Crippen molar-refractivity contribution >= 4 is 82.2 Å². The van der Waals surface area contributed by atoms with E-state index in [1.165, 1.54) is 47.9 Å². The van der Waals surface area contributed by atoms with Crippen molar-refractivity contribution in [1.82, 2.24) is 4.57 Å². The molecule has 3 aromatic heterocycles. The lowest BCUT2D eigenvalue weighted by molar-refractivity contribution is 0.669. The Morgan fingerprint density at radius 2 is 1.02 bits per heavy atom. The Balaban J connectivity index is 1.03. The first kappa shape index (κ1) is 30.7. The minimum atomic E-state index is 0.911. The Hall–Kier alpha value is -6.88. The zero-order valence-electron chi connectivity index (χ0n) is 29.2. The smallest absolute Gasteiger partial charge is 0.136 e. The first-order chi connectivity index (χ1) is 26.7. The summed E-state index contributed by atoms with van der Waals surface area (Å²) in [6.07, 6.45) is 0. The highest BCUT2D eigenvalue weighted by Gasteiger charge is 2.18. The third-order valence-electron chi connectivity index (χ3n) is 10.6. The molecule has 0 aliphatic heterocycles. The molecule has 0 saturated carbocycles. The minimum Gasteiger partial charge on any atom is -0.456 e. The lowest BCUT2D eigenvalue weighted by atomic mass is 10.0. The number of fused-ring (bicyclic) bond motifs is 7. The van der Waals surface area contributed by atoms with E-state index < -0.39 is 0 Å². The lowest BCUT2D eigenvalue weighted by Gasteiger charge is -2.26. The molecule has 0 radical (unpaired) electrons. The quantitative estimate of drug-likeness (QED) is 0.171. The predicted molar refractivity (Wildman–Crippen MR) is 229 cm³/mol. The molecule has 11 aromatic rings. The van der Waals surface area contributed by atoms with E-state index in [0.29, 0.717) is 0 Å². The van der Waals surface area contributed by atoms with Crippen LogP contribution in [0, 0.1) is 0 Å². The van der Waals surface area contributed by atoms with Gasteiger partial charge in [0.15, 0.2) is 0 Å². The van der Waals surface area contributed by atoms with Gasteiger partial charge in [-0.3, -0.25) is 0 Å². The van der Waals surface area contributed by atoms with Crippen molar-refractivity contribution in [3.8, 4) is 27.3 Å². The van der Waals surface area contributed by atoms with E-state index in [4.69, 9.17) is 4.42 Å². The summed E-state index contributed by atoms with van der Waals surface area (Å²) >= 11 is 1.84. The van der Waals surface area contributed by atoms with E-state index >= 15 is 0 Å². The van der Waals surface area contributed by atoms with Gasteiger partial charge in [0.05, 0.1) is 11.0 Å². The van der Waals surface area contributed by atoms with Crippen molar-refractivity contribution in [3.63, 3.8) is 0 Å². The Bertz CT molecular complexity index is 3100. The fourth-order valence-electron chi connectivity index (χ4n) is 8.00. The molecular weight excluding hydrogens is 677 g/mol. The SMILES string of the molecule is c1ccc(-c2ccc(N(c3ccc(-c4cc5ccccc5s4)cc3)c3ccc(-n4c5ccccc5c5cc6oc7ccccc7c6cc54)cc3)cc2)cc1.